The summed E-state index contributed by atoms with van der Waals surface area (Å²) in [6.07, 6.45) is 3.99. The normalized spacial score (nSPS) is 18.7. The average Bonchev–Trinajstić information content (AvgIpc) is 3.03. The second kappa shape index (κ2) is 7.60. The van der Waals surface area contributed by atoms with Crippen LogP contribution in [0.15, 0.2) is 30.3 Å². The summed E-state index contributed by atoms with van der Waals surface area (Å²) >= 11 is 0. The highest BCUT2D eigenvalue weighted by Gasteiger charge is 2.36. The van der Waals surface area contributed by atoms with Gasteiger partial charge in [0.1, 0.15) is 0 Å². The molecule has 1 saturated heterocycles. The van der Waals surface area contributed by atoms with Crippen molar-refractivity contribution in [1.29, 1.82) is 0 Å². The first-order chi connectivity index (χ1) is 10.2. The number of carbonyl (C=O) groups excluding carboxylic acids is 1. The van der Waals surface area contributed by atoms with E-state index in [1.54, 1.807) is 0 Å². The molecule has 3 nitrogen and oxygen atoms in total. The van der Waals surface area contributed by atoms with Crippen LogP contribution in [0.3, 0.4) is 0 Å². The molecule has 0 radical (unpaired) electrons. The summed E-state index contributed by atoms with van der Waals surface area (Å²) in [4.78, 5) is 12.8. The lowest BCUT2D eigenvalue weighted by atomic mass is 9.75. The highest BCUT2D eigenvalue weighted by atomic mass is 16.2. The maximum Gasteiger partial charge on any atom is 0.230 e. The molecule has 1 unspecified atom stereocenters. The van der Waals surface area contributed by atoms with Crippen molar-refractivity contribution in [2.75, 3.05) is 19.6 Å². The van der Waals surface area contributed by atoms with E-state index >= 15 is 0 Å². The second-order valence-electron chi connectivity index (χ2n) is 6.06. The monoisotopic (exact) mass is 288 g/mol. The molecule has 0 saturated carbocycles. The van der Waals surface area contributed by atoms with Gasteiger partial charge in [0.25, 0.3) is 0 Å². The van der Waals surface area contributed by atoms with Crippen molar-refractivity contribution in [3.63, 3.8) is 0 Å². The van der Waals surface area contributed by atoms with Gasteiger partial charge in [0.2, 0.25) is 5.91 Å². The van der Waals surface area contributed by atoms with Crippen LogP contribution in [0.4, 0.5) is 0 Å². The van der Waals surface area contributed by atoms with E-state index in [2.05, 4.69) is 36.6 Å². The quantitative estimate of drug-likeness (QED) is 0.810. The van der Waals surface area contributed by atoms with Crippen molar-refractivity contribution in [2.45, 2.75) is 44.9 Å². The lowest BCUT2D eigenvalue weighted by Crippen LogP contribution is -2.44. The van der Waals surface area contributed by atoms with Gasteiger partial charge in [-0.2, -0.15) is 0 Å². The second-order valence-corrected chi connectivity index (χ2v) is 6.06. The third kappa shape index (κ3) is 3.65. The zero-order chi connectivity index (χ0) is 15.1. The van der Waals surface area contributed by atoms with Crippen molar-refractivity contribution >= 4 is 5.91 Å². The molecule has 2 N–H and O–H groups in total. The molecule has 2 rings (SSSR count). The predicted molar refractivity (Wildman–Crippen MR) is 87.3 cm³/mol. The summed E-state index contributed by atoms with van der Waals surface area (Å²) in [5.41, 5.74) is 0.755. The summed E-state index contributed by atoms with van der Waals surface area (Å²) in [7, 11) is 0. The van der Waals surface area contributed by atoms with Crippen LogP contribution in [0.2, 0.25) is 0 Å². The van der Waals surface area contributed by atoms with Gasteiger partial charge >= 0.3 is 0 Å². The molecule has 116 valence electrons. The van der Waals surface area contributed by atoms with Crippen LogP contribution in [-0.4, -0.2) is 25.5 Å². The highest BCUT2D eigenvalue weighted by Crippen LogP contribution is 2.31. The highest BCUT2D eigenvalue weighted by molar-refractivity contribution is 5.88. The number of nitrogens with one attached hydrogen (secondary N) is 2. The van der Waals surface area contributed by atoms with Gasteiger partial charge in [0.05, 0.1) is 5.41 Å². The van der Waals surface area contributed by atoms with Crippen LogP contribution >= 0.6 is 0 Å². The Hall–Kier alpha value is -1.35. The molecule has 3 heteroatoms. The molecular weight excluding hydrogens is 260 g/mol. The van der Waals surface area contributed by atoms with Crippen LogP contribution in [0, 0.1) is 5.92 Å². The third-order valence-corrected chi connectivity index (χ3v) is 4.97. The first-order valence-corrected chi connectivity index (χ1v) is 8.27. The minimum absolute atomic E-state index is 0.185. The Morgan fingerprint density at radius 1 is 1.29 bits per heavy atom. The maximum absolute atomic E-state index is 12.8. The predicted octanol–water partition coefficient (Wildman–Crippen LogP) is 2.86. The standard InChI is InChI=1S/C18H28N2O/c1-3-18(4-2,16-8-6-5-7-9-16)17(21)20-13-11-15-10-12-19-14-15/h5-9,15,19H,3-4,10-14H2,1-2H3,(H,20,21). The van der Waals surface area contributed by atoms with Crippen molar-refractivity contribution in [2.24, 2.45) is 5.92 Å². The van der Waals surface area contributed by atoms with Crippen molar-refractivity contribution in [3.05, 3.63) is 35.9 Å². The fraction of sp³-hybridized carbons (Fsp3) is 0.611. The van der Waals surface area contributed by atoms with Gasteiger partial charge in [0.15, 0.2) is 0 Å². The molecule has 1 aromatic rings. The summed E-state index contributed by atoms with van der Waals surface area (Å²) in [5.74, 6) is 0.907. The van der Waals surface area contributed by atoms with Gasteiger partial charge in [-0.05, 0) is 50.3 Å². The zero-order valence-electron chi connectivity index (χ0n) is 13.3. The third-order valence-electron chi connectivity index (χ3n) is 4.97. The summed E-state index contributed by atoms with van der Waals surface area (Å²) in [5, 5.41) is 6.56. The molecule has 21 heavy (non-hydrogen) atoms. The smallest absolute Gasteiger partial charge is 0.230 e. The number of carbonyl (C=O) groups is 1. The summed E-state index contributed by atoms with van der Waals surface area (Å²) in [6, 6.07) is 10.2. The number of hydrogen-bond acceptors (Lipinski definition) is 2. The molecule has 1 fully saturated rings. The molecule has 0 aromatic heterocycles. The van der Waals surface area contributed by atoms with Crippen LogP contribution in [0.5, 0.6) is 0 Å². The first-order valence-electron chi connectivity index (χ1n) is 8.27. The Bertz CT molecular complexity index is 434. The molecule has 1 heterocycles. The summed E-state index contributed by atoms with van der Waals surface area (Å²) in [6.45, 7) is 7.23. The average molecular weight is 288 g/mol. The van der Waals surface area contributed by atoms with Crippen LogP contribution in [0.25, 0.3) is 0 Å². The Kier molecular flexibility index (Phi) is 5.80. The topological polar surface area (TPSA) is 41.1 Å². The number of rotatable bonds is 7. The van der Waals surface area contributed by atoms with Gasteiger partial charge in [-0.25, -0.2) is 0 Å². The van der Waals surface area contributed by atoms with E-state index in [0.29, 0.717) is 0 Å². The molecule has 1 aliphatic rings. The van der Waals surface area contributed by atoms with E-state index in [4.69, 9.17) is 0 Å². The van der Waals surface area contributed by atoms with Crippen molar-refractivity contribution < 1.29 is 4.79 Å². The largest absolute Gasteiger partial charge is 0.355 e. The Morgan fingerprint density at radius 3 is 2.57 bits per heavy atom. The zero-order valence-corrected chi connectivity index (χ0v) is 13.3. The first kappa shape index (κ1) is 16.0. The van der Waals surface area contributed by atoms with Crippen LogP contribution in [-0.2, 0) is 10.2 Å². The van der Waals surface area contributed by atoms with E-state index in [9.17, 15) is 4.79 Å². The lowest BCUT2D eigenvalue weighted by molar-refractivity contribution is -0.127. The molecule has 0 bridgehead atoms. The molecular formula is C18H28N2O. The van der Waals surface area contributed by atoms with E-state index in [1.165, 1.54) is 6.42 Å². The van der Waals surface area contributed by atoms with E-state index < -0.39 is 0 Å². The lowest BCUT2D eigenvalue weighted by Gasteiger charge is -2.31. The van der Waals surface area contributed by atoms with Gasteiger partial charge in [-0.3, -0.25) is 4.79 Å². The van der Waals surface area contributed by atoms with Crippen LogP contribution < -0.4 is 10.6 Å². The number of benzene rings is 1. The van der Waals surface area contributed by atoms with Gasteiger partial charge in [0, 0.05) is 6.54 Å². The molecule has 0 spiro atoms. The van der Waals surface area contributed by atoms with E-state index in [1.807, 2.05) is 18.2 Å². The number of hydrogen-bond donors (Lipinski definition) is 2. The van der Waals surface area contributed by atoms with Crippen molar-refractivity contribution in [3.8, 4) is 0 Å². The Balaban J connectivity index is 1.98. The van der Waals surface area contributed by atoms with Crippen molar-refractivity contribution in [1.82, 2.24) is 10.6 Å². The van der Waals surface area contributed by atoms with Gasteiger partial charge in [-0.1, -0.05) is 44.2 Å². The molecule has 0 aliphatic carbocycles. The fourth-order valence-corrected chi connectivity index (χ4v) is 3.39. The molecule has 1 atom stereocenters. The van der Waals surface area contributed by atoms with Gasteiger partial charge in [-0.15, -0.1) is 0 Å². The summed E-state index contributed by atoms with van der Waals surface area (Å²) < 4.78 is 0. The minimum atomic E-state index is -0.380. The minimum Gasteiger partial charge on any atom is -0.355 e. The Morgan fingerprint density at radius 2 is 2.00 bits per heavy atom. The maximum atomic E-state index is 12.8. The van der Waals surface area contributed by atoms with Crippen LogP contribution in [0.1, 0.15) is 45.1 Å². The molecule has 1 aromatic carbocycles. The van der Waals surface area contributed by atoms with Gasteiger partial charge < -0.3 is 10.6 Å². The SMILES string of the molecule is CCC(CC)(C(=O)NCCC1CCNC1)c1ccccc1. The van der Waals surface area contributed by atoms with E-state index in [-0.39, 0.29) is 11.3 Å². The molecule has 1 amide bonds. The number of amides is 1. The van der Waals surface area contributed by atoms with E-state index in [0.717, 1.165) is 50.4 Å². The Labute approximate surface area is 128 Å². The molecule has 1 aliphatic heterocycles. The fourth-order valence-electron chi connectivity index (χ4n) is 3.39.